The molecule has 0 radical (unpaired) electrons. The minimum absolute atomic E-state index is 0.0600. The number of halogens is 1. The van der Waals surface area contributed by atoms with Gasteiger partial charge in [-0.1, -0.05) is 47.1 Å². The standard InChI is InChI=1S/C20H18ClN3O2/c1-23-18-9-5-2-6-14(18)11-24(13-20(23)25)12-15-10-19(26-22-15)16-7-3-4-8-17(16)21/h2-10H,11-13H2,1H3. The van der Waals surface area contributed by atoms with E-state index in [-0.39, 0.29) is 5.91 Å². The zero-order valence-corrected chi connectivity index (χ0v) is 15.1. The molecule has 26 heavy (non-hydrogen) atoms. The number of carbonyl (C=O) groups excluding carboxylic acids is 1. The predicted molar refractivity (Wildman–Crippen MR) is 101 cm³/mol. The molecule has 0 aliphatic carbocycles. The summed E-state index contributed by atoms with van der Waals surface area (Å²) in [5.41, 5.74) is 3.66. The number of aromatic nitrogens is 1. The van der Waals surface area contributed by atoms with Gasteiger partial charge in [-0.05, 0) is 23.8 Å². The summed E-state index contributed by atoms with van der Waals surface area (Å²) in [4.78, 5) is 16.3. The molecule has 132 valence electrons. The highest BCUT2D eigenvalue weighted by Crippen LogP contribution is 2.29. The third kappa shape index (κ3) is 3.23. The van der Waals surface area contributed by atoms with Crippen LogP contribution in [0.3, 0.4) is 0 Å². The van der Waals surface area contributed by atoms with Crippen LogP contribution >= 0.6 is 11.6 Å². The van der Waals surface area contributed by atoms with Gasteiger partial charge in [0.25, 0.3) is 0 Å². The molecule has 0 unspecified atom stereocenters. The molecule has 0 spiro atoms. The first-order valence-electron chi connectivity index (χ1n) is 8.39. The fraction of sp³-hybridized carbons (Fsp3) is 0.200. The van der Waals surface area contributed by atoms with E-state index in [4.69, 9.17) is 16.1 Å². The normalized spacial score (nSPS) is 15.0. The number of hydrogen-bond donors (Lipinski definition) is 0. The van der Waals surface area contributed by atoms with Gasteiger partial charge >= 0.3 is 0 Å². The van der Waals surface area contributed by atoms with Crippen LogP contribution in [0.2, 0.25) is 5.02 Å². The predicted octanol–water partition coefficient (Wildman–Crippen LogP) is 3.97. The minimum atomic E-state index is 0.0600. The lowest BCUT2D eigenvalue weighted by molar-refractivity contribution is -0.119. The van der Waals surface area contributed by atoms with Crippen molar-refractivity contribution in [2.75, 3.05) is 18.5 Å². The molecule has 2 heterocycles. The zero-order valence-electron chi connectivity index (χ0n) is 14.4. The summed E-state index contributed by atoms with van der Waals surface area (Å²) >= 11 is 6.22. The highest BCUT2D eigenvalue weighted by molar-refractivity contribution is 6.33. The van der Waals surface area contributed by atoms with E-state index in [1.54, 1.807) is 4.90 Å². The van der Waals surface area contributed by atoms with E-state index in [0.717, 1.165) is 22.5 Å². The van der Waals surface area contributed by atoms with Crippen LogP contribution in [0.15, 0.2) is 59.1 Å². The number of para-hydroxylation sites is 1. The monoisotopic (exact) mass is 367 g/mol. The van der Waals surface area contributed by atoms with Crippen molar-refractivity contribution >= 4 is 23.2 Å². The molecule has 0 N–H and O–H groups in total. The van der Waals surface area contributed by atoms with Crippen molar-refractivity contribution in [2.45, 2.75) is 13.1 Å². The average molecular weight is 368 g/mol. The first-order chi connectivity index (χ1) is 12.6. The molecule has 3 aromatic rings. The highest BCUT2D eigenvalue weighted by atomic mass is 35.5. The van der Waals surface area contributed by atoms with Gasteiger partial charge in [0.1, 0.15) is 0 Å². The second-order valence-corrected chi connectivity index (χ2v) is 6.80. The number of anilines is 1. The van der Waals surface area contributed by atoms with E-state index in [2.05, 4.69) is 16.1 Å². The summed E-state index contributed by atoms with van der Waals surface area (Å²) in [6, 6.07) is 17.3. The Morgan fingerprint density at radius 2 is 1.88 bits per heavy atom. The van der Waals surface area contributed by atoms with Crippen LogP contribution in [0.4, 0.5) is 5.69 Å². The highest BCUT2D eigenvalue weighted by Gasteiger charge is 2.24. The maximum Gasteiger partial charge on any atom is 0.240 e. The number of carbonyl (C=O) groups is 1. The number of benzene rings is 2. The van der Waals surface area contributed by atoms with E-state index in [1.807, 2.05) is 55.6 Å². The molecule has 1 aliphatic rings. The molecule has 1 amide bonds. The second-order valence-electron chi connectivity index (χ2n) is 6.39. The molecule has 0 saturated carbocycles. The van der Waals surface area contributed by atoms with Gasteiger partial charge in [0.05, 0.1) is 17.3 Å². The molecule has 1 aliphatic heterocycles. The summed E-state index contributed by atoms with van der Waals surface area (Å²) in [5, 5.41) is 4.78. The van der Waals surface area contributed by atoms with Gasteiger partial charge < -0.3 is 9.42 Å². The van der Waals surface area contributed by atoms with Crippen molar-refractivity contribution in [3.05, 3.63) is 70.9 Å². The van der Waals surface area contributed by atoms with Crippen molar-refractivity contribution < 1.29 is 9.32 Å². The summed E-state index contributed by atoms with van der Waals surface area (Å²) < 4.78 is 5.47. The lowest BCUT2D eigenvalue weighted by Gasteiger charge is -2.17. The third-order valence-electron chi connectivity index (χ3n) is 4.56. The molecule has 0 fully saturated rings. The number of hydrogen-bond acceptors (Lipinski definition) is 4. The van der Waals surface area contributed by atoms with Gasteiger partial charge in [-0.25, -0.2) is 0 Å². The van der Waals surface area contributed by atoms with Crippen LogP contribution in [0, 0.1) is 0 Å². The molecule has 5 nitrogen and oxygen atoms in total. The largest absolute Gasteiger partial charge is 0.356 e. The van der Waals surface area contributed by atoms with Crippen LogP contribution in [0.1, 0.15) is 11.3 Å². The molecule has 4 rings (SSSR count). The Balaban J connectivity index is 1.57. The third-order valence-corrected chi connectivity index (χ3v) is 4.89. The molecule has 2 aromatic carbocycles. The fourth-order valence-corrected chi connectivity index (χ4v) is 3.44. The van der Waals surface area contributed by atoms with E-state index in [0.29, 0.717) is 30.4 Å². The van der Waals surface area contributed by atoms with E-state index in [9.17, 15) is 4.79 Å². The van der Waals surface area contributed by atoms with Gasteiger partial charge in [-0.3, -0.25) is 9.69 Å². The van der Waals surface area contributed by atoms with Gasteiger partial charge in [-0.15, -0.1) is 0 Å². The molecule has 0 atom stereocenters. The van der Waals surface area contributed by atoms with Gasteiger partial charge in [0.2, 0.25) is 5.91 Å². The topological polar surface area (TPSA) is 49.6 Å². The molecular formula is C20H18ClN3O2. The van der Waals surface area contributed by atoms with E-state index >= 15 is 0 Å². The zero-order chi connectivity index (χ0) is 18.1. The summed E-state index contributed by atoms with van der Waals surface area (Å²) in [5.74, 6) is 0.689. The van der Waals surface area contributed by atoms with Crippen LogP contribution in [0.25, 0.3) is 11.3 Å². The molecule has 6 heteroatoms. The average Bonchev–Trinajstić information content (AvgIpc) is 3.05. The van der Waals surface area contributed by atoms with E-state index in [1.165, 1.54) is 0 Å². The Labute approximate surface area is 156 Å². The number of likely N-dealkylation sites (N-methyl/N-ethyl adjacent to an activating group) is 1. The van der Waals surface area contributed by atoms with Gasteiger partial charge in [0.15, 0.2) is 5.76 Å². The minimum Gasteiger partial charge on any atom is -0.356 e. The smallest absolute Gasteiger partial charge is 0.240 e. The number of nitrogens with zero attached hydrogens (tertiary/aromatic N) is 3. The van der Waals surface area contributed by atoms with Crippen LogP contribution in [0.5, 0.6) is 0 Å². The van der Waals surface area contributed by atoms with Crippen LogP contribution < -0.4 is 4.90 Å². The van der Waals surface area contributed by atoms with Crippen molar-refractivity contribution in [1.29, 1.82) is 0 Å². The van der Waals surface area contributed by atoms with Crippen molar-refractivity contribution in [3.63, 3.8) is 0 Å². The number of amides is 1. The maximum absolute atomic E-state index is 12.5. The Kier molecular flexibility index (Phi) is 4.49. The summed E-state index contributed by atoms with van der Waals surface area (Å²) in [7, 11) is 1.82. The van der Waals surface area contributed by atoms with Gasteiger partial charge in [-0.2, -0.15) is 0 Å². The quantitative estimate of drug-likeness (QED) is 0.702. The Bertz CT molecular complexity index is 953. The summed E-state index contributed by atoms with van der Waals surface area (Å²) in [6.45, 7) is 1.54. The molecule has 0 bridgehead atoms. The van der Waals surface area contributed by atoms with Gasteiger partial charge in [0, 0.05) is 37.5 Å². The number of rotatable bonds is 3. The van der Waals surface area contributed by atoms with Crippen molar-refractivity contribution in [2.24, 2.45) is 0 Å². The lowest BCUT2D eigenvalue weighted by Crippen LogP contribution is -2.34. The summed E-state index contributed by atoms with van der Waals surface area (Å²) in [6.07, 6.45) is 0. The first-order valence-corrected chi connectivity index (χ1v) is 8.77. The maximum atomic E-state index is 12.5. The van der Waals surface area contributed by atoms with Crippen molar-refractivity contribution in [1.82, 2.24) is 10.1 Å². The Morgan fingerprint density at radius 1 is 1.12 bits per heavy atom. The Hall–Kier alpha value is -2.63. The van der Waals surface area contributed by atoms with Crippen LogP contribution in [-0.2, 0) is 17.9 Å². The van der Waals surface area contributed by atoms with Crippen LogP contribution in [-0.4, -0.2) is 29.6 Å². The van der Waals surface area contributed by atoms with E-state index < -0.39 is 0 Å². The molecule has 1 aromatic heterocycles. The SMILES string of the molecule is CN1C(=O)CN(Cc2cc(-c3ccccc3Cl)on2)Cc2ccccc21. The van der Waals surface area contributed by atoms with Crippen molar-refractivity contribution in [3.8, 4) is 11.3 Å². The molecular weight excluding hydrogens is 350 g/mol. The first kappa shape index (κ1) is 16.8. The fourth-order valence-electron chi connectivity index (χ4n) is 3.22. The molecule has 0 saturated heterocycles. The lowest BCUT2D eigenvalue weighted by atomic mass is 10.1. The number of fused-ring (bicyclic) bond motifs is 1. The Morgan fingerprint density at radius 3 is 2.73 bits per heavy atom. The second kappa shape index (κ2) is 6.94.